The van der Waals surface area contributed by atoms with Crippen molar-refractivity contribution in [2.24, 2.45) is 5.41 Å². The zero-order valence-electron chi connectivity index (χ0n) is 21.1. The molecule has 1 saturated heterocycles. The van der Waals surface area contributed by atoms with Gasteiger partial charge in [-0.25, -0.2) is 4.39 Å². The van der Waals surface area contributed by atoms with E-state index in [9.17, 15) is 24.2 Å². The van der Waals surface area contributed by atoms with Gasteiger partial charge in [0.1, 0.15) is 17.3 Å². The summed E-state index contributed by atoms with van der Waals surface area (Å²) < 4.78 is 24.4. The molecule has 2 aliphatic heterocycles. The van der Waals surface area contributed by atoms with E-state index in [0.29, 0.717) is 50.4 Å². The molecule has 1 fully saturated rings. The largest absolute Gasteiger partial charge is 0.493 e. The molecule has 0 aromatic heterocycles. The number of piperidine rings is 1. The number of aliphatic hydroxyl groups excluding tert-OH is 2. The van der Waals surface area contributed by atoms with E-state index in [4.69, 9.17) is 9.47 Å². The summed E-state index contributed by atoms with van der Waals surface area (Å²) in [5.74, 6) is 0.481. The fourth-order valence-corrected chi connectivity index (χ4v) is 5.20. The van der Waals surface area contributed by atoms with Crippen molar-refractivity contribution in [2.75, 3.05) is 39.9 Å². The first-order valence-electron chi connectivity index (χ1n) is 12.7. The standard InChI is InChI=1S/C28H35FN2O6/c1-30-19-28(17-24(33)23(32)16-20-4-2-3-5-25(20)37-18-27(30)35)11-13-31(14-12-28)26(34)10-15-36-22-8-6-21(29)7-9-22/h2-9,23-24,32-33H,10-19H2,1H3/t23-,24+/m0/s1. The van der Waals surface area contributed by atoms with Crippen molar-refractivity contribution in [1.29, 1.82) is 0 Å². The lowest BCUT2D eigenvalue weighted by atomic mass is 9.72. The summed E-state index contributed by atoms with van der Waals surface area (Å²) in [7, 11) is 1.72. The number of aliphatic hydroxyl groups is 2. The number of benzene rings is 2. The van der Waals surface area contributed by atoms with Gasteiger partial charge in [0.25, 0.3) is 5.91 Å². The lowest BCUT2D eigenvalue weighted by Crippen LogP contribution is -2.51. The van der Waals surface area contributed by atoms with Crippen molar-refractivity contribution >= 4 is 11.8 Å². The number of carbonyl (C=O) groups excluding carboxylic acids is 2. The van der Waals surface area contributed by atoms with Crippen LogP contribution in [0.15, 0.2) is 48.5 Å². The van der Waals surface area contributed by atoms with Crippen LogP contribution in [0.5, 0.6) is 11.5 Å². The topological polar surface area (TPSA) is 99.5 Å². The molecule has 4 rings (SSSR count). The zero-order valence-corrected chi connectivity index (χ0v) is 21.1. The number of halogens is 1. The number of para-hydroxylation sites is 1. The quantitative estimate of drug-likeness (QED) is 0.650. The zero-order chi connectivity index (χ0) is 26.4. The fourth-order valence-electron chi connectivity index (χ4n) is 5.20. The average Bonchev–Trinajstić information content (AvgIpc) is 2.88. The monoisotopic (exact) mass is 514 g/mol. The van der Waals surface area contributed by atoms with E-state index in [0.717, 1.165) is 5.56 Å². The van der Waals surface area contributed by atoms with Crippen LogP contribution in [0.1, 0.15) is 31.2 Å². The Balaban J connectivity index is 1.38. The maximum absolute atomic E-state index is 13.0. The number of hydrogen-bond donors (Lipinski definition) is 2. The van der Waals surface area contributed by atoms with E-state index < -0.39 is 17.6 Å². The first kappa shape index (κ1) is 26.9. The van der Waals surface area contributed by atoms with Crippen LogP contribution < -0.4 is 9.47 Å². The fraction of sp³-hybridized carbons (Fsp3) is 0.500. The van der Waals surface area contributed by atoms with Crippen molar-refractivity contribution in [3.05, 3.63) is 59.9 Å². The highest BCUT2D eigenvalue weighted by atomic mass is 19.1. The smallest absolute Gasteiger partial charge is 0.260 e. The van der Waals surface area contributed by atoms with Gasteiger partial charge in [-0.2, -0.15) is 0 Å². The van der Waals surface area contributed by atoms with Gasteiger partial charge in [0, 0.05) is 33.1 Å². The third kappa shape index (κ3) is 6.99. The molecule has 8 nitrogen and oxygen atoms in total. The molecule has 0 radical (unpaired) electrons. The SMILES string of the molecule is CN1CC2(CCN(C(=O)CCOc3ccc(F)cc3)CC2)C[C@@H](O)[C@@H](O)Cc2ccccc2OCC1=O. The summed E-state index contributed by atoms with van der Waals surface area (Å²) in [4.78, 5) is 29.0. The van der Waals surface area contributed by atoms with E-state index >= 15 is 0 Å². The minimum atomic E-state index is -0.984. The third-order valence-corrected chi connectivity index (χ3v) is 7.41. The summed E-state index contributed by atoms with van der Waals surface area (Å²) in [6.45, 7) is 1.45. The first-order valence-corrected chi connectivity index (χ1v) is 12.7. The molecule has 1 spiro atoms. The molecule has 0 unspecified atom stereocenters. The van der Waals surface area contributed by atoms with Gasteiger partial charge < -0.3 is 29.5 Å². The first-order chi connectivity index (χ1) is 17.7. The number of amides is 2. The molecule has 2 amide bonds. The molecule has 2 atom stereocenters. The molecule has 9 heteroatoms. The summed E-state index contributed by atoms with van der Waals surface area (Å²) in [6, 6.07) is 12.9. The molecular formula is C28H35FN2O6. The molecule has 200 valence electrons. The van der Waals surface area contributed by atoms with Crippen molar-refractivity contribution in [3.63, 3.8) is 0 Å². The molecule has 2 heterocycles. The summed E-state index contributed by atoms with van der Waals surface area (Å²) in [6.07, 6.45) is -0.0402. The van der Waals surface area contributed by atoms with Gasteiger partial charge in [-0.3, -0.25) is 9.59 Å². The maximum atomic E-state index is 13.0. The highest BCUT2D eigenvalue weighted by Gasteiger charge is 2.40. The molecule has 0 aliphatic carbocycles. The number of hydrogen-bond acceptors (Lipinski definition) is 6. The lowest BCUT2D eigenvalue weighted by Gasteiger charge is -2.45. The predicted molar refractivity (Wildman–Crippen MR) is 135 cm³/mol. The summed E-state index contributed by atoms with van der Waals surface area (Å²) in [5, 5.41) is 21.8. The van der Waals surface area contributed by atoms with Gasteiger partial charge >= 0.3 is 0 Å². The van der Waals surface area contributed by atoms with Crippen LogP contribution in [0, 0.1) is 11.2 Å². The Kier molecular flexibility index (Phi) is 8.66. The van der Waals surface area contributed by atoms with Gasteiger partial charge in [-0.05, 0) is 60.6 Å². The van der Waals surface area contributed by atoms with Crippen molar-refractivity contribution in [2.45, 2.75) is 44.3 Å². The Bertz CT molecular complexity index is 1070. The molecular weight excluding hydrogens is 479 g/mol. The minimum absolute atomic E-state index is 0.0415. The average molecular weight is 515 g/mol. The molecule has 2 N–H and O–H groups in total. The Labute approximate surface area is 216 Å². The van der Waals surface area contributed by atoms with Gasteiger partial charge in [-0.15, -0.1) is 0 Å². The van der Waals surface area contributed by atoms with Crippen molar-refractivity contribution in [3.8, 4) is 11.5 Å². The lowest BCUT2D eigenvalue weighted by molar-refractivity contribution is -0.139. The number of rotatable bonds is 4. The number of fused-ring (bicyclic) bond motifs is 1. The van der Waals surface area contributed by atoms with E-state index in [-0.39, 0.29) is 43.7 Å². The van der Waals surface area contributed by atoms with E-state index in [1.54, 1.807) is 29.0 Å². The summed E-state index contributed by atoms with van der Waals surface area (Å²) >= 11 is 0. The number of ether oxygens (including phenoxy) is 2. The predicted octanol–water partition coefficient (Wildman–Crippen LogP) is 2.41. The van der Waals surface area contributed by atoms with Gasteiger partial charge in [-0.1, -0.05) is 18.2 Å². The van der Waals surface area contributed by atoms with Crippen LogP contribution >= 0.6 is 0 Å². The maximum Gasteiger partial charge on any atom is 0.260 e. The van der Waals surface area contributed by atoms with Crippen LogP contribution in [0.4, 0.5) is 4.39 Å². The number of likely N-dealkylation sites (tertiary alicyclic amines) is 1. The molecule has 2 aromatic carbocycles. The second-order valence-electron chi connectivity index (χ2n) is 10.1. The van der Waals surface area contributed by atoms with E-state index in [2.05, 4.69) is 0 Å². The van der Waals surface area contributed by atoms with E-state index in [1.807, 2.05) is 12.1 Å². The van der Waals surface area contributed by atoms with Crippen LogP contribution in [-0.2, 0) is 16.0 Å². The second kappa shape index (κ2) is 11.9. The molecule has 2 aliphatic rings. The molecule has 37 heavy (non-hydrogen) atoms. The van der Waals surface area contributed by atoms with Crippen molar-refractivity contribution in [1.82, 2.24) is 9.80 Å². The highest BCUT2D eigenvalue weighted by molar-refractivity contribution is 5.78. The van der Waals surface area contributed by atoms with Crippen LogP contribution in [0.25, 0.3) is 0 Å². The van der Waals surface area contributed by atoms with Gasteiger partial charge in [0.05, 0.1) is 25.2 Å². The minimum Gasteiger partial charge on any atom is -0.493 e. The molecule has 2 aromatic rings. The highest BCUT2D eigenvalue weighted by Crippen LogP contribution is 2.38. The summed E-state index contributed by atoms with van der Waals surface area (Å²) in [5.41, 5.74) is 0.299. The van der Waals surface area contributed by atoms with Crippen molar-refractivity contribution < 1.29 is 33.7 Å². The molecule has 0 bridgehead atoms. The van der Waals surface area contributed by atoms with E-state index in [1.165, 1.54) is 24.3 Å². The Morgan fingerprint density at radius 2 is 1.81 bits per heavy atom. The van der Waals surface area contributed by atoms with Crippen LogP contribution in [0.2, 0.25) is 0 Å². The second-order valence-corrected chi connectivity index (χ2v) is 10.1. The molecule has 0 saturated carbocycles. The number of likely N-dealkylation sites (N-methyl/N-ethyl adjacent to an activating group) is 1. The van der Waals surface area contributed by atoms with Crippen LogP contribution in [0.3, 0.4) is 0 Å². The Morgan fingerprint density at radius 3 is 2.54 bits per heavy atom. The normalized spacial score (nSPS) is 22.4. The van der Waals surface area contributed by atoms with Gasteiger partial charge in [0.2, 0.25) is 5.91 Å². The number of nitrogens with zero attached hydrogens (tertiary/aromatic N) is 2. The van der Waals surface area contributed by atoms with Crippen LogP contribution in [-0.4, -0.2) is 83.9 Å². The Morgan fingerprint density at radius 1 is 1.11 bits per heavy atom. The van der Waals surface area contributed by atoms with Gasteiger partial charge in [0.15, 0.2) is 6.61 Å². The Hall–Kier alpha value is -3.17. The number of carbonyl (C=O) groups is 2. The third-order valence-electron chi connectivity index (χ3n) is 7.41.